The molecule has 114 valence electrons. The van der Waals surface area contributed by atoms with Gasteiger partial charge in [-0.3, -0.25) is 10.2 Å². The average Bonchev–Trinajstić information content (AvgIpc) is 3.06. The van der Waals surface area contributed by atoms with Gasteiger partial charge in [0, 0.05) is 17.1 Å². The van der Waals surface area contributed by atoms with Gasteiger partial charge < -0.3 is 5.32 Å². The molecule has 1 aliphatic rings. The predicted molar refractivity (Wildman–Crippen MR) is 90.7 cm³/mol. The molecule has 0 aromatic heterocycles. The van der Waals surface area contributed by atoms with Crippen molar-refractivity contribution >= 4 is 23.4 Å². The molecule has 0 aliphatic carbocycles. The van der Waals surface area contributed by atoms with Crippen LogP contribution in [0, 0.1) is 5.92 Å². The van der Waals surface area contributed by atoms with Crippen molar-refractivity contribution in [1.29, 1.82) is 0 Å². The van der Waals surface area contributed by atoms with E-state index in [9.17, 15) is 4.79 Å². The Morgan fingerprint density at radius 3 is 2.55 bits per heavy atom. The second-order valence-electron chi connectivity index (χ2n) is 5.24. The highest BCUT2D eigenvalue weighted by atomic mass is 32.2. The Bertz CT molecular complexity index is 630. The maximum Gasteiger partial charge on any atom is 0.230 e. The third-order valence-electron chi connectivity index (χ3n) is 3.83. The summed E-state index contributed by atoms with van der Waals surface area (Å²) in [6.45, 7) is 0.619. The quantitative estimate of drug-likeness (QED) is 0.760. The summed E-state index contributed by atoms with van der Waals surface area (Å²) in [5, 5.41) is 3.01. The molecule has 1 saturated heterocycles. The minimum Gasteiger partial charge on any atom is -0.326 e. The van der Waals surface area contributed by atoms with Gasteiger partial charge in [0.25, 0.3) is 0 Å². The number of carbonyl (C=O) groups excluding carboxylic acids is 1. The topological polar surface area (TPSA) is 53.2 Å². The van der Waals surface area contributed by atoms with Gasteiger partial charge in [-0.05, 0) is 36.1 Å². The van der Waals surface area contributed by atoms with Crippen molar-refractivity contribution in [3.8, 4) is 0 Å². The molecule has 2 aromatic rings. The van der Waals surface area contributed by atoms with Gasteiger partial charge in [0.15, 0.2) is 0 Å². The van der Waals surface area contributed by atoms with E-state index in [4.69, 9.17) is 0 Å². The third-order valence-corrected chi connectivity index (χ3v) is 4.58. The number of thioether (sulfide) groups is 1. The molecule has 5 heteroatoms. The molecule has 2 atom stereocenters. The number of amides is 1. The van der Waals surface area contributed by atoms with Gasteiger partial charge >= 0.3 is 0 Å². The molecule has 3 rings (SSSR count). The maximum absolute atomic E-state index is 12.6. The lowest BCUT2D eigenvalue weighted by Gasteiger charge is -2.18. The van der Waals surface area contributed by atoms with Crippen LogP contribution in [0.2, 0.25) is 0 Å². The Morgan fingerprint density at radius 1 is 1.14 bits per heavy atom. The molecule has 1 amide bonds. The molecule has 0 bridgehead atoms. The number of hydrogen-bond acceptors (Lipinski definition) is 4. The minimum absolute atomic E-state index is 0.00771. The summed E-state index contributed by atoms with van der Waals surface area (Å²) < 4.78 is 0. The number of nitrogens with one attached hydrogen (secondary N) is 3. The summed E-state index contributed by atoms with van der Waals surface area (Å²) in [5.74, 6) is -0.106. The Balaban J connectivity index is 1.70. The van der Waals surface area contributed by atoms with Crippen LogP contribution in [0.5, 0.6) is 0 Å². The molecule has 4 nitrogen and oxygen atoms in total. The minimum atomic E-state index is -0.136. The van der Waals surface area contributed by atoms with Crippen molar-refractivity contribution in [2.24, 2.45) is 5.92 Å². The predicted octanol–water partition coefficient (Wildman–Crippen LogP) is 2.81. The molecule has 1 heterocycles. The standard InChI is InChI=1S/C17H19N3OS/c1-22-14-9-7-13(8-10-14)19-17(21)15-11-18-20-16(15)12-5-3-2-4-6-12/h2-10,15-16,18,20H,11H2,1H3,(H,19,21). The van der Waals surface area contributed by atoms with Crippen LogP contribution in [0.25, 0.3) is 0 Å². The Morgan fingerprint density at radius 2 is 1.86 bits per heavy atom. The Kier molecular flexibility index (Phi) is 4.77. The number of rotatable bonds is 4. The van der Waals surface area contributed by atoms with Gasteiger partial charge in [0.1, 0.15) is 0 Å². The van der Waals surface area contributed by atoms with Crippen molar-refractivity contribution < 1.29 is 4.79 Å². The van der Waals surface area contributed by atoms with E-state index in [0.29, 0.717) is 6.54 Å². The van der Waals surface area contributed by atoms with Crippen molar-refractivity contribution in [2.75, 3.05) is 18.1 Å². The van der Waals surface area contributed by atoms with Crippen molar-refractivity contribution in [3.05, 3.63) is 60.2 Å². The SMILES string of the molecule is CSc1ccc(NC(=O)C2CNNC2c2ccccc2)cc1. The van der Waals surface area contributed by atoms with Gasteiger partial charge in [-0.15, -0.1) is 11.8 Å². The van der Waals surface area contributed by atoms with Crippen LogP contribution in [0.1, 0.15) is 11.6 Å². The van der Waals surface area contributed by atoms with Crippen LogP contribution < -0.4 is 16.2 Å². The zero-order valence-corrected chi connectivity index (χ0v) is 13.2. The molecular formula is C17H19N3OS. The van der Waals surface area contributed by atoms with Crippen molar-refractivity contribution in [2.45, 2.75) is 10.9 Å². The summed E-state index contributed by atoms with van der Waals surface area (Å²) >= 11 is 1.69. The van der Waals surface area contributed by atoms with Crippen molar-refractivity contribution in [1.82, 2.24) is 10.9 Å². The molecule has 1 aliphatic heterocycles. The van der Waals surface area contributed by atoms with Gasteiger partial charge in [-0.2, -0.15) is 0 Å². The average molecular weight is 313 g/mol. The van der Waals surface area contributed by atoms with Crippen LogP contribution in [-0.4, -0.2) is 18.7 Å². The van der Waals surface area contributed by atoms with Gasteiger partial charge in [0.2, 0.25) is 5.91 Å². The molecule has 0 saturated carbocycles. The van der Waals surface area contributed by atoms with E-state index in [0.717, 1.165) is 11.3 Å². The zero-order chi connectivity index (χ0) is 15.4. The fourth-order valence-electron chi connectivity index (χ4n) is 2.63. The van der Waals surface area contributed by atoms with Crippen molar-refractivity contribution in [3.63, 3.8) is 0 Å². The lowest BCUT2D eigenvalue weighted by atomic mass is 9.94. The first-order valence-electron chi connectivity index (χ1n) is 7.26. The van der Waals surface area contributed by atoms with Gasteiger partial charge in [0.05, 0.1) is 12.0 Å². The lowest BCUT2D eigenvalue weighted by molar-refractivity contribution is -0.119. The molecular weight excluding hydrogens is 294 g/mol. The molecule has 1 fully saturated rings. The van der Waals surface area contributed by atoms with Crippen LogP contribution in [-0.2, 0) is 4.79 Å². The van der Waals surface area contributed by atoms with E-state index in [1.807, 2.05) is 60.9 Å². The van der Waals surface area contributed by atoms with E-state index >= 15 is 0 Å². The summed E-state index contributed by atoms with van der Waals surface area (Å²) in [5.41, 5.74) is 8.24. The Hall–Kier alpha value is -1.82. The molecule has 3 N–H and O–H groups in total. The highest BCUT2D eigenvalue weighted by molar-refractivity contribution is 7.98. The third kappa shape index (κ3) is 3.32. The summed E-state index contributed by atoms with van der Waals surface area (Å²) in [7, 11) is 0. The zero-order valence-electron chi connectivity index (χ0n) is 12.4. The first-order valence-corrected chi connectivity index (χ1v) is 8.48. The van der Waals surface area contributed by atoms with E-state index in [1.165, 1.54) is 4.90 Å². The Labute approximate surface area is 134 Å². The summed E-state index contributed by atoms with van der Waals surface area (Å²) in [6.07, 6.45) is 2.04. The first-order chi connectivity index (χ1) is 10.8. The number of anilines is 1. The van der Waals surface area contributed by atoms with E-state index in [-0.39, 0.29) is 17.9 Å². The summed E-state index contributed by atoms with van der Waals surface area (Å²) in [6, 6.07) is 17.9. The molecule has 0 radical (unpaired) electrons. The van der Waals surface area contributed by atoms with E-state index in [1.54, 1.807) is 11.8 Å². The second-order valence-corrected chi connectivity index (χ2v) is 6.12. The smallest absolute Gasteiger partial charge is 0.230 e. The van der Waals surface area contributed by atoms with E-state index in [2.05, 4.69) is 16.2 Å². The van der Waals surface area contributed by atoms with Gasteiger partial charge in [-0.25, -0.2) is 5.43 Å². The molecule has 2 aromatic carbocycles. The second kappa shape index (κ2) is 6.96. The largest absolute Gasteiger partial charge is 0.326 e. The number of hydrogen-bond donors (Lipinski definition) is 3. The number of carbonyl (C=O) groups is 1. The number of benzene rings is 2. The first kappa shape index (κ1) is 15.1. The fourth-order valence-corrected chi connectivity index (χ4v) is 3.03. The maximum atomic E-state index is 12.6. The highest BCUT2D eigenvalue weighted by Gasteiger charge is 2.33. The lowest BCUT2D eigenvalue weighted by Crippen LogP contribution is -2.29. The van der Waals surface area contributed by atoms with E-state index < -0.39 is 0 Å². The molecule has 2 unspecified atom stereocenters. The fraction of sp³-hybridized carbons (Fsp3) is 0.235. The summed E-state index contributed by atoms with van der Waals surface area (Å²) in [4.78, 5) is 13.7. The van der Waals surface area contributed by atoms with Gasteiger partial charge in [-0.1, -0.05) is 30.3 Å². The number of hydrazine groups is 1. The van der Waals surface area contributed by atoms with Crippen LogP contribution in [0.3, 0.4) is 0 Å². The highest BCUT2D eigenvalue weighted by Crippen LogP contribution is 2.26. The van der Waals surface area contributed by atoms with Crippen LogP contribution >= 0.6 is 11.8 Å². The van der Waals surface area contributed by atoms with Crippen LogP contribution in [0.4, 0.5) is 5.69 Å². The molecule has 22 heavy (non-hydrogen) atoms. The van der Waals surface area contributed by atoms with Crippen LogP contribution in [0.15, 0.2) is 59.5 Å². The normalized spacial score (nSPS) is 20.8. The monoisotopic (exact) mass is 313 g/mol. The molecule has 0 spiro atoms.